The van der Waals surface area contributed by atoms with Gasteiger partial charge in [-0.1, -0.05) is 42.5 Å². The number of thiocarbonyl (C=S) groups is 1. The van der Waals surface area contributed by atoms with Gasteiger partial charge in [0.05, 0.1) is 12.3 Å². The average Bonchev–Trinajstić information content (AvgIpc) is 3.03. The van der Waals surface area contributed by atoms with Gasteiger partial charge in [0.2, 0.25) is 0 Å². The number of carbonyl (C=O) groups is 1. The molecule has 1 heterocycles. The third-order valence-corrected chi connectivity index (χ3v) is 5.56. The molecule has 3 aromatic carbocycles. The maximum atomic E-state index is 13.1. The summed E-state index contributed by atoms with van der Waals surface area (Å²) in [6.45, 7) is 3.03. The lowest BCUT2D eigenvalue weighted by Gasteiger charge is -2.16. The van der Waals surface area contributed by atoms with E-state index in [1.54, 1.807) is 11.9 Å². The standard InChI is InChI=1S/C26H24N2O3S/c1-3-30-22-15-11-21(12-16-22)28-25(29)24(27(2)26(28)32)17-19-9-13-23(14-10-19)31-18-20-7-5-4-6-8-20/h4-17H,3,18H2,1-2H3/b24-17-. The zero-order chi connectivity index (χ0) is 22.5. The van der Waals surface area contributed by atoms with Gasteiger partial charge in [0, 0.05) is 7.05 Å². The van der Waals surface area contributed by atoms with Crippen LogP contribution < -0.4 is 14.4 Å². The third kappa shape index (κ3) is 4.65. The maximum absolute atomic E-state index is 13.1. The second-order valence-corrected chi connectivity index (χ2v) is 7.65. The first-order valence-corrected chi connectivity index (χ1v) is 10.8. The van der Waals surface area contributed by atoms with Crippen LogP contribution in [-0.2, 0) is 11.4 Å². The zero-order valence-electron chi connectivity index (χ0n) is 18.0. The molecule has 5 nitrogen and oxygen atoms in total. The molecule has 1 saturated heterocycles. The Bertz CT molecular complexity index is 1130. The number of rotatable bonds is 7. The van der Waals surface area contributed by atoms with Gasteiger partial charge in [-0.15, -0.1) is 0 Å². The molecule has 0 unspecified atom stereocenters. The molecular formula is C26H24N2O3S. The summed E-state index contributed by atoms with van der Waals surface area (Å²) < 4.78 is 11.3. The molecule has 1 fully saturated rings. The van der Waals surface area contributed by atoms with Crippen molar-refractivity contribution in [1.82, 2.24) is 4.90 Å². The Balaban J connectivity index is 1.48. The fourth-order valence-corrected chi connectivity index (χ4v) is 3.69. The SMILES string of the molecule is CCOc1ccc(N2C(=O)/C(=C/c3ccc(OCc4ccccc4)cc3)N(C)C2=S)cc1. The van der Waals surface area contributed by atoms with E-state index in [0.717, 1.165) is 22.6 Å². The molecule has 4 rings (SSSR count). The number of ether oxygens (including phenoxy) is 2. The van der Waals surface area contributed by atoms with Crippen LogP contribution in [0.5, 0.6) is 11.5 Å². The molecule has 0 spiro atoms. The second kappa shape index (κ2) is 9.66. The minimum atomic E-state index is -0.161. The zero-order valence-corrected chi connectivity index (χ0v) is 18.8. The van der Waals surface area contributed by atoms with E-state index in [2.05, 4.69) is 0 Å². The van der Waals surface area contributed by atoms with Crippen molar-refractivity contribution in [2.24, 2.45) is 0 Å². The van der Waals surface area contributed by atoms with Crippen molar-refractivity contribution < 1.29 is 14.3 Å². The van der Waals surface area contributed by atoms with Gasteiger partial charge in [-0.25, -0.2) is 0 Å². The van der Waals surface area contributed by atoms with Crippen molar-refractivity contribution in [3.05, 3.63) is 95.7 Å². The summed E-state index contributed by atoms with van der Waals surface area (Å²) in [6, 6.07) is 25.0. The van der Waals surface area contributed by atoms with Gasteiger partial charge >= 0.3 is 0 Å². The van der Waals surface area contributed by atoms with E-state index >= 15 is 0 Å². The number of hydrogen-bond acceptors (Lipinski definition) is 4. The van der Waals surface area contributed by atoms with Crippen molar-refractivity contribution in [3.8, 4) is 11.5 Å². The quantitative estimate of drug-likeness (QED) is 0.367. The van der Waals surface area contributed by atoms with Crippen LogP contribution in [0.1, 0.15) is 18.1 Å². The molecule has 3 aromatic rings. The Morgan fingerprint density at radius 1 is 0.875 bits per heavy atom. The van der Waals surface area contributed by atoms with Crippen LogP contribution in [0, 0.1) is 0 Å². The van der Waals surface area contributed by atoms with E-state index < -0.39 is 0 Å². The lowest BCUT2D eigenvalue weighted by molar-refractivity contribution is -0.114. The van der Waals surface area contributed by atoms with E-state index in [1.165, 1.54) is 4.90 Å². The van der Waals surface area contributed by atoms with Gasteiger partial charge in [0.15, 0.2) is 5.11 Å². The maximum Gasteiger partial charge on any atom is 0.281 e. The molecule has 162 valence electrons. The first kappa shape index (κ1) is 21.6. The number of hydrogen-bond donors (Lipinski definition) is 0. The minimum Gasteiger partial charge on any atom is -0.494 e. The first-order chi connectivity index (χ1) is 15.6. The Hall–Kier alpha value is -3.64. The van der Waals surface area contributed by atoms with Gasteiger partial charge in [0.1, 0.15) is 23.8 Å². The van der Waals surface area contributed by atoms with Gasteiger partial charge in [-0.2, -0.15) is 0 Å². The lowest BCUT2D eigenvalue weighted by Crippen LogP contribution is -2.31. The Kier molecular flexibility index (Phi) is 6.52. The van der Waals surface area contributed by atoms with Gasteiger partial charge in [-0.05, 0) is 72.7 Å². The molecule has 1 aliphatic heterocycles. The smallest absolute Gasteiger partial charge is 0.281 e. The van der Waals surface area contributed by atoms with E-state index in [9.17, 15) is 4.79 Å². The van der Waals surface area contributed by atoms with Crippen LogP contribution >= 0.6 is 12.2 Å². The molecule has 0 bridgehead atoms. The predicted molar refractivity (Wildman–Crippen MR) is 131 cm³/mol. The van der Waals surface area contributed by atoms with Crippen molar-refractivity contribution in [2.75, 3.05) is 18.6 Å². The summed E-state index contributed by atoms with van der Waals surface area (Å²) in [4.78, 5) is 16.4. The summed E-state index contributed by atoms with van der Waals surface area (Å²) >= 11 is 5.54. The van der Waals surface area contributed by atoms with Crippen LogP contribution in [0.25, 0.3) is 6.08 Å². The molecule has 0 aromatic heterocycles. The number of likely N-dealkylation sites (N-methyl/N-ethyl adjacent to an activating group) is 1. The minimum absolute atomic E-state index is 0.161. The fraction of sp³-hybridized carbons (Fsp3) is 0.154. The third-order valence-electron chi connectivity index (χ3n) is 5.10. The highest BCUT2D eigenvalue weighted by Crippen LogP contribution is 2.29. The molecule has 6 heteroatoms. The summed E-state index contributed by atoms with van der Waals surface area (Å²) in [7, 11) is 1.80. The van der Waals surface area contributed by atoms with Gasteiger partial charge in [-0.3, -0.25) is 9.69 Å². The van der Waals surface area contributed by atoms with Crippen LogP contribution in [0.4, 0.5) is 5.69 Å². The van der Waals surface area contributed by atoms with Crippen molar-refractivity contribution in [1.29, 1.82) is 0 Å². The monoisotopic (exact) mass is 444 g/mol. The Morgan fingerprint density at radius 2 is 1.50 bits per heavy atom. The number of benzene rings is 3. The van der Waals surface area contributed by atoms with Gasteiger partial charge < -0.3 is 14.4 Å². The van der Waals surface area contributed by atoms with E-state index in [0.29, 0.717) is 29.7 Å². The van der Waals surface area contributed by atoms with Crippen LogP contribution in [0.3, 0.4) is 0 Å². The summed E-state index contributed by atoms with van der Waals surface area (Å²) in [6.07, 6.45) is 1.84. The Labute approximate surface area is 193 Å². The molecule has 1 amide bonds. The van der Waals surface area contributed by atoms with E-state index in [4.69, 9.17) is 21.7 Å². The summed E-state index contributed by atoms with van der Waals surface area (Å²) in [5.74, 6) is 1.37. The van der Waals surface area contributed by atoms with Crippen LogP contribution in [0.2, 0.25) is 0 Å². The number of carbonyl (C=O) groups excluding carboxylic acids is 1. The molecule has 0 N–H and O–H groups in total. The van der Waals surface area contributed by atoms with Crippen LogP contribution in [0.15, 0.2) is 84.6 Å². The predicted octanol–water partition coefficient (Wildman–Crippen LogP) is 5.27. The average molecular weight is 445 g/mol. The van der Waals surface area contributed by atoms with Crippen molar-refractivity contribution >= 4 is 35.0 Å². The highest BCUT2D eigenvalue weighted by molar-refractivity contribution is 7.80. The number of nitrogens with zero attached hydrogens (tertiary/aromatic N) is 2. The number of amides is 1. The number of anilines is 1. The summed E-state index contributed by atoms with van der Waals surface area (Å²) in [5, 5.41) is 0.438. The molecule has 1 aliphatic rings. The molecule has 32 heavy (non-hydrogen) atoms. The van der Waals surface area contributed by atoms with Crippen molar-refractivity contribution in [3.63, 3.8) is 0 Å². The summed E-state index contributed by atoms with van der Waals surface area (Å²) in [5.41, 5.74) is 3.23. The van der Waals surface area contributed by atoms with E-state index in [-0.39, 0.29) is 5.91 Å². The highest BCUT2D eigenvalue weighted by atomic mass is 32.1. The molecule has 0 atom stereocenters. The fourth-order valence-electron chi connectivity index (χ4n) is 3.40. The normalized spacial score (nSPS) is 14.9. The van der Waals surface area contributed by atoms with E-state index in [1.807, 2.05) is 91.9 Å². The first-order valence-electron chi connectivity index (χ1n) is 10.4. The Morgan fingerprint density at radius 3 is 2.16 bits per heavy atom. The van der Waals surface area contributed by atoms with Crippen molar-refractivity contribution in [2.45, 2.75) is 13.5 Å². The molecule has 0 aliphatic carbocycles. The largest absolute Gasteiger partial charge is 0.494 e. The topological polar surface area (TPSA) is 42.0 Å². The van der Waals surface area contributed by atoms with Crippen LogP contribution in [-0.4, -0.2) is 29.6 Å². The highest BCUT2D eigenvalue weighted by Gasteiger charge is 2.36. The molecule has 0 saturated carbocycles. The second-order valence-electron chi connectivity index (χ2n) is 7.28. The van der Waals surface area contributed by atoms with Gasteiger partial charge in [0.25, 0.3) is 5.91 Å². The molecular weight excluding hydrogens is 420 g/mol. The molecule has 0 radical (unpaired) electrons. The lowest BCUT2D eigenvalue weighted by atomic mass is 10.1.